The lowest BCUT2D eigenvalue weighted by molar-refractivity contribution is -0.154. The van der Waals surface area contributed by atoms with E-state index in [2.05, 4.69) is 38.2 Å². The first-order chi connectivity index (χ1) is 29.4. The number of nitrogens with two attached hydrogens (primary N) is 1. The summed E-state index contributed by atoms with van der Waals surface area (Å²) in [5.74, 6) is -0.328. The van der Waals surface area contributed by atoms with Crippen molar-refractivity contribution in [1.29, 1.82) is 0 Å². The van der Waals surface area contributed by atoms with Crippen molar-refractivity contribution in [1.82, 2.24) is 0 Å². The van der Waals surface area contributed by atoms with Crippen molar-refractivity contribution in [2.45, 2.75) is 264 Å². The number of ether oxygens (including phenoxy) is 2. The first-order valence-corrected chi connectivity index (χ1v) is 27.3. The molecule has 0 rings (SSSR count). The molecule has 0 heterocycles. The molecule has 0 saturated heterocycles. The third kappa shape index (κ3) is 48.0. The Morgan fingerprint density at radius 2 is 0.833 bits per heavy atom. The van der Waals surface area contributed by atoms with Crippen LogP contribution < -0.4 is 5.73 Å². The minimum Gasteiger partial charge on any atom is -0.457 e. The fourth-order valence-corrected chi connectivity index (χ4v) is 8.28. The number of allylic oxidation sites excluding steroid dienone is 4. The summed E-state index contributed by atoms with van der Waals surface area (Å²) in [5, 5.41) is 0. The normalized spacial score (nSPS) is 13.5. The topological polar surface area (TPSA) is 117 Å². The Balaban J connectivity index is 3.91. The molecule has 2 atom stereocenters. The van der Waals surface area contributed by atoms with Crippen LogP contribution in [0.2, 0.25) is 0 Å². The highest BCUT2D eigenvalue weighted by molar-refractivity contribution is 7.47. The second-order valence-corrected chi connectivity index (χ2v) is 18.8. The van der Waals surface area contributed by atoms with Crippen LogP contribution in [0.15, 0.2) is 24.3 Å². The molecule has 0 aromatic rings. The lowest BCUT2D eigenvalue weighted by Crippen LogP contribution is -2.28. The monoisotopic (exact) mass is 870 g/mol. The molecule has 9 heteroatoms. The number of phosphoric ester groups is 1. The third-order valence-corrected chi connectivity index (χ3v) is 12.3. The van der Waals surface area contributed by atoms with Crippen LogP contribution in [0.1, 0.15) is 258 Å². The van der Waals surface area contributed by atoms with Crippen LogP contribution in [0.3, 0.4) is 0 Å². The fraction of sp³-hybridized carbons (Fsp3) is 0.902. The van der Waals surface area contributed by atoms with Gasteiger partial charge in [-0.15, -0.1) is 0 Å². The van der Waals surface area contributed by atoms with Crippen LogP contribution in [0.25, 0.3) is 0 Å². The van der Waals surface area contributed by atoms with Crippen LogP contribution in [0.5, 0.6) is 0 Å². The molecule has 0 radical (unpaired) electrons. The van der Waals surface area contributed by atoms with E-state index in [1.54, 1.807) is 0 Å². The minimum atomic E-state index is -4.28. The van der Waals surface area contributed by atoms with Crippen molar-refractivity contribution in [2.24, 2.45) is 5.73 Å². The van der Waals surface area contributed by atoms with Crippen LogP contribution in [0, 0.1) is 0 Å². The Bertz CT molecular complexity index is 977. The van der Waals surface area contributed by atoms with Gasteiger partial charge in [0, 0.05) is 19.6 Å². The third-order valence-electron chi connectivity index (χ3n) is 11.3. The summed E-state index contributed by atoms with van der Waals surface area (Å²) in [6.07, 6.45) is 56.4. The Morgan fingerprint density at radius 1 is 0.483 bits per heavy atom. The predicted molar refractivity (Wildman–Crippen MR) is 257 cm³/mol. The molecule has 0 amide bonds. The number of phosphoric acid groups is 1. The van der Waals surface area contributed by atoms with Crippen molar-refractivity contribution in [3.05, 3.63) is 24.3 Å². The summed E-state index contributed by atoms with van der Waals surface area (Å²) in [6, 6.07) is 0. The molecule has 0 aromatic carbocycles. The molecule has 0 fully saturated rings. The second-order valence-electron chi connectivity index (χ2n) is 17.4. The van der Waals surface area contributed by atoms with Crippen molar-refractivity contribution in [3.8, 4) is 0 Å². The SMILES string of the molecule is CCCCCCCC/C=C\CCCCCCCCCCOCC(COP(=O)(O)OCCN)OC(=O)CCCCCCCCCCCCC/C=C\CCCCCCCCCC. The fourth-order valence-electron chi connectivity index (χ4n) is 7.52. The highest BCUT2D eigenvalue weighted by Gasteiger charge is 2.25. The van der Waals surface area contributed by atoms with Gasteiger partial charge in [-0.05, 0) is 64.2 Å². The van der Waals surface area contributed by atoms with E-state index in [0.717, 1.165) is 32.1 Å². The van der Waals surface area contributed by atoms with Crippen LogP contribution in [0.4, 0.5) is 0 Å². The average Bonchev–Trinajstić information content (AvgIpc) is 3.24. The first-order valence-electron chi connectivity index (χ1n) is 25.8. The maximum atomic E-state index is 12.7. The standard InChI is InChI=1S/C51H100NO7P/c1-3-5-7-9-11-13-15-17-19-21-23-24-25-26-27-28-30-32-34-36-38-40-42-44-51(53)59-50(49-58-60(54,55)57-47-45-52)48-56-46-43-41-39-37-35-33-31-29-22-20-18-16-14-12-10-8-6-4-2/h18,20-21,23,50H,3-17,19,22,24-49,52H2,1-2H3,(H,54,55)/b20-18-,23-21-. The van der Waals surface area contributed by atoms with Crippen molar-refractivity contribution in [3.63, 3.8) is 0 Å². The van der Waals surface area contributed by atoms with Gasteiger partial charge in [0.1, 0.15) is 6.10 Å². The van der Waals surface area contributed by atoms with Gasteiger partial charge < -0.3 is 20.1 Å². The van der Waals surface area contributed by atoms with E-state index in [9.17, 15) is 14.3 Å². The molecule has 0 bridgehead atoms. The quantitative estimate of drug-likeness (QED) is 0.0269. The van der Waals surface area contributed by atoms with E-state index in [4.69, 9.17) is 24.3 Å². The van der Waals surface area contributed by atoms with Gasteiger partial charge in [0.15, 0.2) is 0 Å². The van der Waals surface area contributed by atoms with Crippen molar-refractivity contribution < 1.29 is 32.8 Å². The Hall–Kier alpha value is -1.02. The maximum absolute atomic E-state index is 12.7. The van der Waals surface area contributed by atoms with E-state index >= 15 is 0 Å². The average molecular weight is 870 g/mol. The Morgan fingerprint density at radius 3 is 1.22 bits per heavy atom. The van der Waals surface area contributed by atoms with Gasteiger partial charge in [0.25, 0.3) is 0 Å². The molecule has 3 N–H and O–H groups in total. The molecular weight excluding hydrogens is 770 g/mol. The summed E-state index contributed by atoms with van der Waals surface area (Å²) >= 11 is 0. The van der Waals surface area contributed by atoms with Gasteiger partial charge in [-0.2, -0.15) is 0 Å². The summed E-state index contributed by atoms with van der Waals surface area (Å²) in [6.45, 7) is 4.96. The molecular formula is C51H100NO7P. The highest BCUT2D eigenvalue weighted by atomic mass is 31.2. The molecule has 2 unspecified atom stereocenters. The number of hydrogen-bond donors (Lipinski definition) is 2. The van der Waals surface area contributed by atoms with Gasteiger partial charge in [-0.3, -0.25) is 13.8 Å². The van der Waals surface area contributed by atoms with E-state index in [1.165, 1.54) is 205 Å². The Labute approximate surface area is 372 Å². The molecule has 356 valence electrons. The molecule has 0 aliphatic rings. The van der Waals surface area contributed by atoms with Crippen LogP contribution in [-0.4, -0.2) is 49.9 Å². The number of hydrogen-bond acceptors (Lipinski definition) is 7. The van der Waals surface area contributed by atoms with Gasteiger partial charge in [-0.1, -0.05) is 212 Å². The van der Waals surface area contributed by atoms with Gasteiger partial charge in [-0.25, -0.2) is 4.57 Å². The molecule has 0 aliphatic heterocycles. The predicted octanol–water partition coefficient (Wildman–Crippen LogP) is 16.0. The smallest absolute Gasteiger partial charge is 0.457 e. The first kappa shape index (κ1) is 59.0. The lowest BCUT2D eigenvalue weighted by Gasteiger charge is -2.20. The number of carbonyl (C=O) groups is 1. The second kappa shape index (κ2) is 49.0. The molecule has 8 nitrogen and oxygen atoms in total. The summed E-state index contributed by atoms with van der Waals surface area (Å²) in [4.78, 5) is 22.6. The molecule has 0 aromatic heterocycles. The van der Waals surface area contributed by atoms with E-state index < -0.39 is 13.9 Å². The van der Waals surface area contributed by atoms with E-state index in [-0.39, 0.29) is 32.3 Å². The van der Waals surface area contributed by atoms with Crippen LogP contribution >= 0.6 is 7.82 Å². The molecule has 0 aliphatic carbocycles. The number of carbonyl (C=O) groups excluding carboxylic acids is 1. The maximum Gasteiger partial charge on any atom is 0.472 e. The molecule has 0 spiro atoms. The zero-order chi connectivity index (χ0) is 43.7. The van der Waals surface area contributed by atoms with Gasteiger partial charge >= 0.3 is 13.8 Å². The number of esters is 1. The van der Waals surface area contributed by atoms with Gasteiger partial charge in [0.2, 0.25) is 0 Å². The summed E-state index contributed by atoms with van der Waals surface area (Å²) in [7, 11) is -4.28. The zero-order valence-electron chi connectivity index (χ0n) is 39.7. The van der Waals surface area contributed by atoms with Gasteiger partial charge in [0.05, 0.1) is 19.8 Å². The molecule has 60 heavy (non-hydrogen) atoms. The zero-order valence-corrected chi connectivity index (χ0v) is 40.6. The van der Waals surface area contributed by atoms with Crippen molar-refractivity contribution >= 4 is 13.8 Å². The van der Waals surface area contributed by atoms with Crippen molar-refractivity contribution in [2.75, 3.05) is 33.0 Å². The lowest BCUT2D eigenvalue weighted by atomic mass is 10.0. The number of unbranched alkanes of at least 4 members (excludes halogenated alkanes) is 33. The summed E-state index contributed by atoms with van der Waals surface area (Å²) < 4.78 is 33.6. The summed E-state index contributed by atoms with van der Waals surface area (Å²) in [5.41, 5.74) is 5.39. The minimum absolute atomic E-state index is 0.0943. The Kier molecular flexibility index (Phi) is 48.2. The molecule has 0 saturated carbocycles. The number of rotatable bonds is 50. The van der Waals surface area contributed by atoms with E-state index in [1.807, 2.05) is 0 Å². The van der Waals surface area contributed by atoms with E-state index in [0.29, 0.717) is 13.0 Å². The highest BCUT2D eigenvalue weighted by Crippen LogP contribution is 2.43. The largest absolute Gasteiger partial charge is 0.472 e. The van der Waals surface area contributed by atoms with Crippen LogP contribution in [-0.2, 0) is 27.9 Å².